The van der Waals surface area contributed by atoms with Crippen molar-refractivity contribution in [2.24, 2.45) is 7.05 Å². The molecule has 2 aromatic rings. The summed E-state index contributed by atoms with van der Waals surface area (Å²) < 4.78 is 87.9. The molecule has 0 unspecified atom stereocenters. The molecule has 1 aromatic heterocycles. The van der Waals surface area contributed by atoms with Crippen LogP contribution in [0, 0.1) is 12.7 Å². The van der Waals surface area contributed by atoms with E-state index in [1.807, 2.05) is 0 Å². The molecule has 1 fully saturated rings. The average molecular weight is 576 g/mol. The first-order chi connectivity index (χ1) is 18.1. The van der Waals surface area contributed by atoms with E-state index in [2.05, 4.69) is 10.0 Å². The number of alkyl halides is 3. The molecule has 0 spiro atoms. The molecule has 4 rings (SSSR count). The van der Waals surface area contributed by atoms with Crippen molar-refractivity contribution in [3.8, 4) is 5.75 Å². The SMILES string of the molecule is Cc1cc(NC(=O)c2c3c(cn2C)S(=O)(=O)N[C@@H]2CCN(C(=O)C(=O)N[C@H](C)C(F)(F)F)C[C@H]2O3)ccc1F. The van der Waals surface area contributed by atoms with Crippen molar-refractivity contribution in [2.75, 3.05) is 18.4 Å². The highest BCUT2D eigenvalue weighted by molar-refractivity contribution is 7.89. The Morgan fingerprint density at radius 1 is 1.23 bits per heavy atom. The van der Waals surface area contributed by atoms with Crippen LogP contribution in [0.15, 0.2) is 29.3 Å². The zero-order chi connectivity index (χ0) is 28.9. The number of halogens is 4. The molecule has 39 heavy (non-hydrogen) atoms. The summed E-state index contributed by atoms with van der Waals surface area (Å²) in [6, 6.07) is 0.756. The lowest BCUT2D eigenvalue weighted by Gasteiger charge is -2.37. The van der Waals surface area contributed by atoms with Crippen LogP contribution >= 0.6 is 0 Å². The first kappa shape index (κ1) is 28.4. The van der Waals surface area contributed by atoms with Crippen LogP contribution < -0.4 is 20.1 Å². The van der Waals surface area contributed by atoms with Crippen LogP contribution in [-0.2, 0) is 26.7 Å². The van der Waals surface area contributed by atoms with Crippen LogP contribution in [0.1, 0.15) is 29.4 Å². The first-order valence-electron chi connectivity index (χ1n) is 11.7. The predicted octanol–water partition coefficient (Wildman–Crippen LogP) is 1.43. The second-order valence-electron chi connectivity index (χ2n) is 9.36. The van der Waals surface area contributed by atoms with E-state index in [4.69, 9.17) is 4.74 Å². The smallest absolute Gasteiger partial charge is 0.408 e. The third-order valence-electron chi connectivity index (χ3n) is 6.48. The molecule has 16 heteroatoms. The largest absolute Gasteiger partial charge is 0.483 e. The number of amides is 3. The van der Waals surface area contributed by atoms with Gasteiger partial charge in [0.15, 0.2) is 11.4 Å². The topological polar surface area (TPSA) is 139 Å². The Hall–Kier alpha value is -3.66. The lowest BCUT2D eigenvalue weighted by molar-refractivity contribution is -0.163. The van der Waals surface area contributed by atoms with Crippen molar-refractivity contribution in [3.63, 3.8) is 0 Å². The van der Waals surface area contributed by atoms with Gasteiger partial charge in [0.1, 0.15) is 22.9 Å². The Labute approximate surface area is 220 Å². The van der Waals surface area contributed by atoms with Gasteiger partial charge in [-0.3, -0.25) is 14.4 Å². The van der Waals surface area contributed by atoms with Gasteiger partial charge in [-0.05, 0) is 44.0 Å². The summed E-state index contributed by atoms with van der Waals surface area (Å²) in [7, 11) is -2.77. The Kier molecular flexibility index (Phi) is 7.37. The average Bonchev–Trinajstić information content (AvgIpc) is 3.12. The van der Waals surface area contributed by atoms with Gasteiger partial charge in [-0.25, -0.2) is 17.5 Å². The molecule has 0 bridgehead atoms. The number of aromatic nitrogens is 1. The van der Waals surface area contributed by atoms with E-state index >= 15 is 0 Å². The number of ether oxygens (including phenoxy) is 1. The van der Waals surface area contributed by atoms with Gasteiger partial charge in [0.05, 0.1) is 12.6 Å². The minimum Gasteiger partial charge on any atom is -0.483 e. The van der Waals surface area contributed by atoms with Crippen molar-refractivity contribution in [3.05, 3.63) is 41.5 Å². The molecule has 1 aromatic carbocycles. The number of nitrogens with zero attached hydrogens (tertiary/aromatic N) is 2. The molecule has 3 atom stereocenters. The van der Waals surface area contributed by atoms with Crippen molar-refractivity contribution < 1.29 is 45.1 Å². The maximum atomic E-state index is 13.6. The van der Waals surface area contributed by atoms with Crippen molar-refractivity contribution in [2.45, 2.75) is 49.5 Å². The zero-order valence-electron chi connectivity index (χ0n) is 20.9. The third kappa shape index (κ3) is 5.71. The van der Waals surface area contributed by atoms with Gasteiger partial charge in [0.2, 0.25) is 10.0 Å². The van der Waals surface area contributed by atoms with Crippen LogP contribution in [0.4, 0.5) is 23.2 Å². The number of anilines is 1. The summed E-state index contributed by atoms with van der Waals surface area (Å²) >= 11 is 0. The number of fused-ring (bicyclic) bond motifs is 2. The van der Waals surface area contributed by atoms with Gasteiger partial charge in [-0.2, -0.15) is 13.2 Å². The molecule has 3 heterocycles. The summed E-state index contributed by atoms with van der Waals surface area (Å²) in [6.07, 6.45) is -4.66. The molecule has 3 N–H and O–H groups in total. The number of hydrogen-bond donors (Lipinski definition) is 3. The molecule has 3 amide bonds. The first-order valence-corrected chi connectivity index (χ1v) is 13.2. The Morgan fingerprint density at radius 2 is 1.92 bits per heavy atom. The summed E-state index contributed by atoms with van der Waals surface area (Å²) in [6.45, 7) is 1.72. The van der Waals surface area contributed by atoms with Gasteiger partial charge >= 0.3 is 18.0 Å². The normalized spacial score (nSPS) is 21.1. The zero-order valence-corrected chi connectivity index (χ0v) is 21.7. The standard InChI is InChI=1S/C23H25F4N5O6S/c1-11-8-13(4-5-14(11)24)29-20(33)18-19-17(10-31(18)3)39(36,37)30-15-6-7-32(9-16(15)38-19)22(35)21(34)28-12(2)23(25,26)27/h4-5,8,10,12,15-16,30H,6-7,9H2,1-3H3,(H,28,34)(H,29,33)/t12-,15-,16-/m1/s1. The maximum absolute atomic E-state index is 13.6. The fourth-order valence-electron chi connectivity index (χ4n) is 4.31. The van der Waals surface area contributed by atoms with Gasteiger partial charge in [0.25, 0.3) is 5.91 Å². The van der Waals surface area contributed by atoms with Crippen molar-refractivity contribution in [1.82, 2.24) is 19.5 Å². The predicted molar refractivity (Wildman–Crippen MR) is 128 cm³/mol. The van der Waals surface area contributed by atoms with E-state index in [1.54, 1.807) is 5.32 Å². The van der Waals surface area contributed by atoms with E-state index < -0.39 is 57.9 Å². The number of rotatable bonds is 3. The number of carbonyl (C=O) groups excluding carboxylic acids is 3. The van der Waals surface area contributed by atoms with E-state index in [0.29, 0.717) is 6.92 Å². The number of aryl methyl sites for hydroxylation is 2. The summed E-state index contributed by atoms with van der Waals surface area (Å²) in [5.74, 6) is -4.26. The van der Waals surface area contributed by atoms with E-state index in [9.17, 15) is 40.4 Å². The number of nitrogens with one attached hydrogen (secondary N) is 3. The van der Waals surface area contributed by atoms with E-state index in [1.165, 1.54) is 36.9 Å². The van der Waals surface area contributed by atoms with Crippen molar-refractivity contribution >= 4 is 33.4 Å². The maximum Gasteiger partial charge on any atom is 0.408 e. The summed E-state index contributed by atoms with van der Waals surface area (Å²) in [5, 5.41) is 4.17. The van der Waals surface area contributed by atoms with Gasteiger partial charge in [-0.1, -0.05) is 0 Å². The van der Waals surface area contributed by atoms with Crippen LogP contribution in [0.2, 0.25) is 0 Å². The number of carbonyl (C=O) groups is 3. The number of benzene rings is 1. The van der Waals surface area contributed by atoms with Crippen molar-refractivity contribution in [1.29, 1.82) is 0 Å². The Balaban J connectivity index is 1.59. The second-order valence-corrected chi connectivity index (χ2v) is 11.0. The van der Waals surface area contributed by atoms with E-state index in [0.717, 1.165) is 11.0 Å². The van der Waals surface area contributed by atoms with Gasteiger partial charge in [-0.15, -0.1) is 0 Å². The molecule has 0 saturated carbocycles. The molecular weight excluding hydrogens is 550 g/mol. The number of hydrogen-bond acceptors (Lipinski definition) is 6. The fraction of sp³-hybridized carbons (Fsp3) is 0.435. The summed E-state index contributed by atoms with van der Waals surface area (Å²) in [4.78, 5) is 38.5. The quantitative estimate of drug-likeness (QED) is 0.374. The molecule has 0 aliphatic carbocycles. The van der Waals surface area contributed by atoms with Crippen LogP contribution in [0.5, 0.6) is 5.75 Å². The molecule has 0 radical (unpaired) electrons. The molecule has 2 aliphatic heterocycles. The molecule has 1 saturated heterocycles. The Morgan fingerprint density at radius 3 is 2.56 bits per heavy atom. The summed E-state index contributed by atoms with van der Waals surface area (Å²) in [5.41, 5.74) is 0.332. The van der Waals surface area contributed by atoms with Gasteiger partial charge < -0.3 is 24.8 Å². The van der Waals surface area contributed by atoms with Crippen LogP contribution in [0.25, 0.3) is 0 Å². The monoisotopic (exact) mass is 575 g/mol. The van der Waals surface area contributed by atoms with E-state index in [-0.39, 0.29) is 47.1 Å². The molecule has 11 nitrogen and oxygen atoms in total. The minimum atomic E-state index is -4.75. The Bertz CT molecular complexity index is 1440. The highest BCUT2D eigenvalue weighted by atomic mass is 32.2. The highest BCUT2D eigenvalue weighted by Gasteiger charge is 2.44. The van der Waals surface area contributed by atoms with Crippen LogP contribution in [-0.4, -0.2) is 73.1 Å². The number of sulfonamides is 1. The third-order valence-corrected chi connectivity index (χ3v) is 7.96. The molecule has 212 valence electrons. The van der Waals surface area contributed by atoms with Gasteiger partial charge in [0, 0.05) is 25.5 Å². The second kappa shape index (κ2) is 10.1. The minimum absolute atomic E-state index is 0.00940. The number of likely N-dealkylation sites (tertiary alicyclic amines) is 1. The fourth-order valence-corrected chi connectivity index (χ4v) is 5.79. The lowest BCUT2D eigenvalue weighted by atomic mass is 10.0. The molecule has 2 aliphatic rings. The lowest BCUT2D eigenvalue weighted by Crippen LogP contribution is -2.59. The highest BCUT2D eigenvalue weighted by Crippen LogP contribution is 2.36. The number of piperidine rings is 1. The van der Waals surface area contributed by atoms with Crippen LogP contribution in [0.3, 0.4) is 0 Å². The molecular formula is C23H25F4N5O6S.